The van der Waals surface area contributed by atoms with E-state index in [0.717, 1.165) is 5.56 Å². The highest BCUT2D eigenvalue weighted by Gasteiger charge is 2.22. The lowest BCUT2D eigenvalue weighted by Crippen LogP contribution is -2.30. The SMILES string of the molecule is COc1ccc(CNC(=O)Cn2nnnc2C(C)(C)C)cc1OC. The number of hydrogen-bond acceptors (Lipinski definition) is 6. The van der Waals surface area contributed by atoms with E-state index in [1.54, 1.807) is 20.3 Å². The molecule has 2 rings (SSSR count). The van der Waals surface area contributed by atoms with Gasteiger partial charge in [0.05, 0.1) is 14.2 Å². The van der Waals surface area contributed by atoms with Gasteiger partial charge in [-0.3, -0.25) is 4.79 Å². The third-order valence-corrected chi connectivity index (χ3v) is 3.43. The van der Waals surface area contributed by atoms with Gasteiger partial charge in [0.25, 0.3) is 0 Å². The predicted octanol–water partition coefficient (Wildman–Crippen LogP) is 1.30. The highest BCUT2D eigenvalue weighted by atomic mass is 16.5. The number of carbonyl (C=O) groups is 1. The van der Waals surface area contributed by atoms with Crippen LogP contribution in [-0.4, -0.2) is 40.3 Å². The number of rotatable bonds is 6. The lowest BCUT2D eigenvalue weighted by Gasteiger charge is -2.17. The van der Waals surface area contributed by atoms with Crippen LogP contribution in [0.4, 0.5) is 0 Å². The van der Waals surface area contributed by atoms with Crippen LogP contribution in [0.2, 0.25) is 0 Å². The molecule has 0 aliphatic rings. The fraction of sp³-hybridized carbons (Fsp3) is 0.500. The normalized spacial score (nSPS) is 11.2. The number of carbonyl (C=O) groups excluding carboxylic acids is 1. The molecule has 1 heterocycles. The van der Waals surface area contributed by atoms with Crippen LogP contribution < -0.4 is 14.8 Å². The topological polar surface area (TPSA) is 91.2 Å². The average molecular weight is 333 g/mol. The second-order valence-electron chi connectivity index (χ2n) is 6.38. The molecule has 1 N–H and O–H groups in total. The number of aromatic nitrogens is 4. The van der Waals surface area contributed by atoms with E-state index in [9.17, 15) is 4.79 Å². The molecule has 24 heavy (non-hydrogen) atoms. The first-order valence-corrected chi connectivity index (χ1v) is 7.59. The number of nitrogens with zero attached hydrogens (tertiary/aromatic N) is 4. The number of hydrogen-bond donors (Lipinski definition) is 1. The molecule has 8 nitrogen and oxygen atoms in total. The molecule has 0 aliphatic heterocycles. The first kappa shape index (κ1) is 17.7. The summed E-state index contributed by atoms with van der Waals surface area (Å²) >= 11 is 0. The molecular formula is C16H23N5O3. The Kier molecular flexibility index (Phi) is 5.38. The van der Waals surface area contributed by atoms with Gasteiger partial charge in [0.2, 0.25) is 5.91 Å². The molecule has 0 atom stereocenters. The summed E-state index contributed by atoms with van der Waals surface area (Å²) in [5.41, 5.74) is 0.682. The Labute approximate surface area is 141 Å². The van der Waals surface area contributed by atoms with E-state index < -0.39 is 0 Å². The van der Waals surface area contributed by atoms with E-state index in [1.165, 1.54) is 4.68 Å². The van der Waals surface area contributed by atoms with Gasteiger partial charge >= 0.3 is 0 Å². The maximum atomic E-state index is 12.2. The van der Waals surface area contributed by atoms with Crippen molar-refractivity contribution in [3.8, 4) is 11.5 Å². The summed E-state index contributed by atoms with van der Waals surface area (Å²) in [6.45, 7) is 6.45. The fourth-order valence-corrected chi connectivity index (χ4v) is 2.23. The number of methoxy groups -OCH3 is 2. The summed E-state index contributed by atoms with van der Waals surface area (Å²) < 4.78 is 12.0. The quantitative estimate of drug-likeness (QED) is 0.857. The van der Waals surface area contributed by atoms with Crippen LogP contribution >= 0.6 is 0 Å². The number of tetrazole rings is 1. The Morgan fingerprint density at radius 3 is 2.54 bits per heavy atom. The smallest absolute Gasteiger partial charge is 0.242 e. The first-order valence-electron chi connectivity index (χ1n) is 7.59. The molecule has 1 aromatic carbocycles. The number of ether oxygens (including phenoxy) is 2. The van der Waals surface area contributed by atoms with Crippen LogP contribution in [0.3, 0.4) is 0 Å². The van der Waals surface area contributed by atoms with Gasteiger partial charge in [-0.2, -0.15) is 0 Å². The van der Waals surface area contributed by atoms with E-state index in [-0.39, 0.29) is 17.9 Å². The Balaban J connectivity index is 1.98. The summed E-state index contributed by atoms with van der Waals surface area (Å²) in [6, 6.07) is 5.51. The Bertz CT molecular complexity index is 706. The second kappa shape index (κ2) is 7.29. The molecule has 0 spiro atoms. The molecule has 130 valence electrons. The number of amides is 1. The van der Waals surface area contributed by atoms with Crippen LogP contribution in [0.1, 0.15) is 32.2 Å². The third-order valence-electron chi connectivity index (χ3n) is 3.43. The Morgan fingerprint density at radius 1 is 1.21 bits per heavy atom. The minimum absolute atomic E-state index is 0.0763. The maximum Gasteiger partial charge on any atom is 0.242 e. The van der Waals surface area contributed by atoms with Crippen LogP contribution in [0, 0.1) is 0 Å². The van der Waals surface area contributed by atoms with Gasteiger partial charge in [-0.25, -0.2) is 4.68 Å². The highest BCUT2D eigenvalue weighted by Crippen LogP contribution is 2.27. The van der Waals surface area contributed by atoms with Crippen molar-refractivity contribution >= 4 is 5.91 Å². The van der Waals surface area contributed by atoms with Gasteiger partial charge in [0, 0.05) is 12.0 Å². The van der Waals surface area contributed by atoms with Gasteiger partial charge in [-0.05, 0) is 28.1 Å². The molecule has 2 aromatic rings. The molecule has 0 radical (unpaired) electrons. The summed E-state index contributed by atoms with van der Waals surface area (Å²) in [4.78, 5) is 12.2. The zero-order valence-corrected chi connectivity index (χ0v) is 14.7. The van der Waals surface area contributed by atoms with Gasteiger partial charge < -0.3 is 14.8 Å². The van der Waals surface area contributed by atoms with Crippen molar-refractivity contribution in [1.29, 1.82) is 0 Å². The number of benzene rings is 1. The highest BCUT2D eigenvalue weighted by molar-refractivity contribution is 5.75. The largest absolute Gasteiger partial charge is 0.493 e. The van der Waals surface area contributed by atoms with Gasteiger partial charge in [0.15, 0.2) is 17.3 Å². The monoisotopic (exact) mass is 333 g/mol. The standard InChI is InChI=1S/C16H23N5O3/c1-16(2,3)15-18-19-20-21(15)10-14(22)17-9-11-6-7-12(23-4)13(8-11)24-5/h6-8H,9-10H2,1-5H3,(H,17,22). The van der Waals surface area contributed by atoms with Crippen molar-refractivity contribution < 1.29 is 14.3 Å². The van der Waals surface area contributed by atoms with Crippen LogP contribution in [0.25, 0.3) is 0 Å². The molecule has 0 saturated carbocycles. The lowest BCUT2D eigenvalue weighted by molar-refractivity contribution is -0.122. The maximum absolute atomic E-state index is 12.2. The summed E-state index contributed by atoms with van der Waals surface area (Å²) in [7, 11) is 3.16. The summed E-state index contributed by atoms with van der Waals surface area (Å²) in [6.07, 6.45) is 0. The lowest BCUT2D eigenvalue weighted by atomic mass is 9.96. The minimum Gasteiger partial charge on any atom is -0.493 e. The van der Waals surface area contributed by atoms with Gasteiger partial charge in [-0.1, -0.05) is 26.8 Å². The fourth-order valence-electron chi connectivity index (χ4n) is 2.23. The third kappa shape index (κ3) is 4.21. The average Bonchev–Trinajstić information content (AvgIpc) is 3.01. The van der Waals surface area contributed by atoms with E-state index >= 15 is 0 Å². The van der Waals surface area contributed by atoms with Crippen molar-refractivity contribution in [3.05, 3.63) is 29.6 Å². The second-order valence-corrected chi connectivity index (χ2v) is 6.38. The van der Waals surface area contributed by atoms with Crippen LogP contribution in [0.15, 0.2) is 18.2 Å². The Hall–Kier alpha value is -2.64. The summed E-state index contributed by atoms with van der Waals surface area (Å²) in [5.74, 6) is 1.78. The van der Waals surface area contributed by atoms with Gasteiger partial charge in [-0.15, -0.1) is 5.10 Å². The molecule has 1 amide bonds. The summed E-state index contributed by atoms with van der Waals surface area (Å²) in [5, 5.41) is 14.4. The molecule has 0 fully saturated rings. The van der Waals surface area contributed by atoms with Crippen molar-refractivity contribution in [2.24, 2.45) is 0 Å². The molecule has 0 bridgehead atoms. The van der Waals surface area contributed by atoms with Crippen molar-refractivity contribution in [3.63, 3.8) is 0 Å². The zero-order valence-electron chi connectivity index (χ0n) is 14.7. The van der Waals surface area contributed by atoms with Crippen molar-refractivity contribution in [2.75, 3.05) is 14.2 Å². The van der Waals surface area contributed by atoms with Gasteiger partial charge in [0.1, 0.15) is 6.54 Å². The molecule has 0 saturated heterocycles. The molecule has 8 heteroatoms. The predicted molar refractivity (Wildman–Crippen MR) is 87.9 cm³/mol. The van der Waals surface area contributed by atoms with Crippen molar-refractivity contribution in [2.45, 2.75) is 39.3 Å². The van der Waals surface area contributed by atoms with E-state index in [4.69, 9.17) is 9.47 Å². The number of nitrogens with one attached hydrogen (secondary N) is 1. The first-order chi connectivity index (χ1) is 11.3. The molecule has 1 aromatic heterocycles. The van der Waals surface area contributed by atoms with E-state index in [1.807, 2.05) is 32.9 Å². The van der Waals surface area contributed by atoms with Crippen LogP contribution in [-0.2, 0) is 23.3 Å². The molecular weight excluding hydrogens is 310 g/mol. The van der Waals surface area contributed by atoms with Crippen molar-refractivity contribution in [1.82, 2.24) is 25.5 Å². The minimum atomic E-state index is -0.229. The zero-order chi connectivity index (χ0) is 17.7. The molecule has 0 unspecified atom stereocenters. The molecule has 0 aliphatic carbocycles. The van der Waals surface area contributed by atoms with E-state index in [2.05, 4.69) is 20.8 Å². The van der Waals surface area contributed by atoms with Crippen LogP contribution in [0.5, 0.6) is 11.5 Å². The Morgan fingerprint density at radius 2 is 1.92 bits per heavy atom. The van der Waals surface area contributed by atoms with E-state index in [0.29, 0.717) is 23.9 Å².